The second-order valence-electron chi connectivity index (χ2n) is 8.13. The van der Waals surface area contributed by atoms with E-state index in [1.807, 2.05) is 0 Å². The molecule has 10 nitrogen and oxygen atoms in total. The lowest BCUT2D eigenvalue weighted by molar-refractivity contribution is -0.142. The number of rotatable bonds is 8. The van der Waals surface area contributed by atoms with Crippen LogP contribution in [-0.2, 0) is 16.0 Å². The molecule has 1 atom stereocenters. The van der Waals surface area contributed by atoms with Gasteiger partial charge in [0.05, 0.1) is 12.8 Å². The zero-order valence-corrected chi connectivity index (χ0v) is 20.1. The van der Waals surface area contributed by atoms with Crippen molar-refractivity contribution < 1.29 is 33.1 Å². The van der Waals surface area contributed by atoms with E-state index in [0.29, 0.717) is 22.5 Å². The summed E-state index contributed by atoms with van der Waals surface area (Å²) < 4.78 is 23.7. The largest absolute Gasteiger partial charge is 0.508 e. The molecule has 0 spiro atoms. The van der Waals surface area contributed by atoms with Gasteiger partial charge in [0.2, 0.25) is 5.76 Å². The normalized spacial score (nSPS) is 11.3. The molecule has 1 aromatic heterocycles. The average Bonchev–Trinajstić information content (AvgIpc) is 3.41. The lowest BCUT2D eigenvalue weighted by Crippen LogP contribution is -2.43. The summed E-state index contributed by atoms with van der Waals surface area (Å²) in [4.78, 5) is 37.1. The molecule has 0 saturated heterocycles. The van der Waals surface area contributed by atoms with Gasteiger partial charge in [-0.15, -0.1) is 0 Å². The molecule has 0 fully saturated rings. The summed E-state index contributed by atoms with van der Waals surface area (Å²) in [5.74, 6) is -1.90. The van der Waals surface area contributed by atoms with Crippen LogP contribution in [0.4, 0.5) is 20.6 Å². The minimum atomic E-state index is -0.994. The number of hydrogen-bond acceptors (Lipinski definition) is 7. The molecule has 0 unspecified atom stereocenters. The Balaban J connectivity index is 1.38. The molecule has 0 radical (unpaired) electrons. The minimum absolute atomic E-state index is 0.0486. The van der Waals surface area contributed by atoms with Gasteiger partial charge in [0.1, 0.15) is 23.3 Å². The molecule has 0 aliphatic rings. The fourth-order valence-electron chi connectivity index (χ4n) is 3.52. The molecule has 3 aromatic carbocycles. The number of nitrogens with zero attached hydrogens (tertiary/aromatic N) is 1. The zero-order valence-electron chi connectivity index (χ0n) is 20.1. The third-order valence-corrected chi connectivity index (χ3v) is 5.46. The number of phenolic OH excluding ortho intramolecular Hbond substituents is 1. The molecule has 4 aromatic rings. The third-order valence-electron chi connectivity index (χ3n) is 5.46. The van der Waals surface area contributed by atoms with Gasteiger partial charge in [-0.25, -0.2) is 14.0 Å². The first-order chi connectivity index (χ1) is 18.3. The highest BCUT2D eigenvalue weighted by molar-refractivity contribution is 6.00. The lowest BCUT2D eigenvalue weighted by Gasteiger charge is -2.15. The predicted octanol–water partition coefficient (Wildman–Crippen LogP) is 4.34. The highest BCUT2D eigenvalue weighted by Crippen LogP contribution is 2.22. The number of hydrogen-bond donors (Lipinski definition) is 4. The van der Waals surface area contributed by atoms with Crippen LogP contribution in [0.5, 0.6) is 5.75 Å². The van der Waals surface area contributed by atoms with Crippen LogP contribution in [0.25, 0.3) is 11.3 Å². The first kappa shape index (κ1) is 25.9. The number of carbonyl (C=O) groups excluding carboxylic acids is 3. The maximum absolute atomic E-state index is 13.7. The molecular formula is C27H23FN4O6. The van der Waals surface area contributed by atoms with Crippen LogP contribution < -0.4 is 16.0 Å². The molecule has 3 amide bonds. The molecule has 194 valence electrons. The lowest BCUT2D eigenvalue weighted by atomic mass is 10.1. The number of halogens is 1. The summed E-state index contributed by atoms with van der Waals surface area (Å²) in [7, 11) is 1.22. The van der Waals surface area contributed by atoms with Gasteiger partial charge in [0.25, 0.3) is 5.91 Å². The van der Waals surface area contributed by atoms with Crippen molar-refractivity contribution in [1.82, 2.24) is 10.5 Å². The van der Waals surface area contributed by atoms with Crippen molar-refractivity contribution >= 4 is 29.3 Å². The van der Waals surface area contributed by atoms with E-state index >= 15 is 0 Å². The number of para-hydroxylation sites is 1. The van der Waals surface area contributed by atoms with E-state index in [4.69, 9.17) is 9.26 Å². The summed E-state index contributed by atoms with van der Waals surface area (Å²) in [5.41, 5.74) is 2.15. The number of anilines is 2. The second kappa shape index (κ2) is 11.7. The van der Waals surface area contributed by atoms with Crippen LogP contribution in [-0.4, -0.2) is 41.3 Å². The number of aromatic hydroxyl groups is 1. The fraction of sp³-hybridized carbons (Fsp3) is 0.111. The van der Waals surface area contributed by atoms with Gasteiger partial charge in [-0.05, 0) is 42.0 Å². The van der Waals surface area contributed by atoms with Crippen LogP contribution in [0.3, 0.4) is 0 Å². The summed E-state index contributed by atoms with van der Waals surface area (Å²) >= 11 is 0. The highest BCUT2D eigenvalue weighted by atomic mass is 19.1. The number of amides is 3. The van der Waals surface area contributed by atoms with Gasteiger partial charge in [-0.1, -0.05) is 41.6 Å². The van der Waals surface area contributed by atoms with Crippen molar-refractivity contribution in [2.24, 2.45) is 0 Å². The second-order valence-corrected chi connectivity index (χ2v) is 8.13. The van der Waals surface area contributed by atoms with E-state index in [0.717, 1.165) is 0 Å². The Morgan fingerprint density at radius 3 is 2.39 bits per heavy atom. The molecule has 11 heteroatoms. The summed E-state index contributed by atoms with van der Waals surface area (Å²) in [5, 5.41) is 20.9. The molecule has 0 bridgehead atoms. The highest BCUT2D eigenvalue weighted by Gasteiger charge is 2.25. The number of methoxy groups -OCH3 is 1. The quantitative estimate of drug-likeness (QED) is 0.254. The topological polar surface area (TPSA) is 143 Å². The Morgan fingerprint density at radius 2 is 1.71 bits per heavy atom. The first-order valence-electron chi connectivity index (χ1n) is 11.4. The molecule has 4 rings (SSSR count). The van der Waals surface area contributed by atoms with E-state index in [1.165, 1.54) is 43.5 Å². The van der Waals surface area contributed by atoms with Crippen molar-refractivity contribution in [3.63, 3.8) is 0 Å². The number of ether oxygens (including phenoxy) is 1. The Morgan fingerprint density at radius 1 is 1.00 bits per heavy atom. The fourth-order valence-corrected chi connectivity index (χ4v) is 3.52. The van der Waals surface area contributed by atoms with Crippen molar-refractivity contribution in [1.29, 1.82) is 0 Å². The first-order valence-corrected chi connectivity index (χ1v) is 11.4. The van der Waals surface area contributed by atoms with Crippen molar-refractivity contribution in [2.75, 3.05) is 17.7 Å². The van der Waals surface area contributed by atoms with E-state index in [1.54, 1.807) is 42.5 Å². The average molecular weight is 519 g/mol. The van der Waals surface area contributed by atoms with Crippen LogP contribution in [0.1, 0.15) is 16.1 Å². The monoisotopic (exact) mass is 518 g/mol. The number of benzene rings is 3. The number of esters is 1. The van der Waals surface area contributed by atoms with Gasteiger partial charge >= 0.3 is 12.0 Å². The summed E-state index contributed by atoms with van der Waals surface area (Å²) in [6.07, 6.45) is 0.138. The standard InChI is InChI=1S/C27H23FN4O6/c1-37-26(35)23(14-16-6-12-19(33)13-7-16)30-25(34)24-15-22(32-38-24)17-8-10-18(11-9-17)29-27(36)31-21-5-3-2-4-20(21)28/h2-13,15,23,33H,14H2,1H3,(H,30,34)(H2,29,31,36)/t23-/m0/s1. The number of nitrogens with one attached hydrogen (secondary N) is 3. The molecule has 0 aliphatic heterocycles. The number of urea groups is 1. The number of aromatic nitrogens is 1. The number of carbonyl (C=O) groups is 3. The van der Waals surface area contributed by atoms with E-state index in [9.17, 15) is 23.9 Å². The van der Waals surface area contributed by atoms with Crippen molar-refractivity contribution in [3.8, 4) is 17.0 Å². The van der Waals surface area contributed by atoms with Gasteiger partial charge in [0.15, 0.2) is 0 Å². The predicted molar refractivity (Wildman–Crippen MR) is 136 cm³/mol. The van der Waals surface area contributed by atoms with Crippen LogP contribution in [0.2, 0.25) is 0 Å². The molecule has 4 N–H and O–H groups in total. The van der Waals surface area contributed by atoms with Crippen LogP contribution >= 0.6 is 0 Å². The van der Waals surface area contributed by atoms with E-state index in [-0.39, 0.29) is 23.6 Å². The Bertz CT molecular complexity index is 1440. The maximum Gasteiger partial charge on any atom is 0.328 e. The van der Waals surface area contributed by atoms with E-state index < -0.39 is 29.8 Å². The summed E-state index contributed by atoms with van der Waals surface area (Å²) in [6, 6.07) is 18.3. The van der Waals surface area contributed by atoms with Gasteiger partial charge in [-0.2, -0.15) is 0 Å². The number of phenols is 1. The molecule has 1 heterocycles. The third kappa shape index (κ3) is 6.52. The van der Waals surface area contributed by atoms with Gasteiger partial charge in [-0.3, -0.25) is 4.79 Å². The van der Waals surface area contributed by atoms with Gasteiger partial charge < -0.3 is 30.3 Å². The molecule has 38 heavy (non-hydrogen) atoms. The van der Waals surface area contributed by atoms with Crippen LogP contribution in [0, 0.1) is 5.82 Å². The van der Waals surface area contributed by atoms with Gasteiger partial charge in [0, 0.05) is 23.7 Å². The Kier molecular flexibility index (Phi) is 7.97. The van der Waals surface area contributed by atoms with E-state index in [2.05, 4.69) is 21.1 Å². The SMILES string of the molecule is COC(=O)[C@H](Cc1ccc(O)cc1)NC(=O)c1cc(-c2ccc(NC(=O)Nc3ccccc3F)cc2)no1. The Hall–Kier alpha value is -5.19. The van der Waals surface area contributed by atoms with Crippen LogP contribution in [0.15, 0.2) is 83.4 Å². The van der Waals surface area contributed by atoms with Crippen molar-refractivity contribution in [3.05, 3.63) is 96.0 Å². The van der Waals surface area contributed by atoms with Crippen molar-refractivity contribution in [2.45, 2.75) is 12.5 Å². The minimum Gasteiger partial charge on any atom is -0.508 e. The smallest absolute Gasteiger partial charge is 0.328 e. The zero-order chi connectivity index (χ0) is 27.1. The maximum atomic E-state index is 13.7. The molecule has 0 saturated carbocycles. The Labute approximate surface area is 216 Å². The summed E-state index contributed by atoms with van der Waals surface area (Å²) in [6.45, 7) is 0. The molecule has 0 aliphatic carbocycles. The molecular weight excluding hydrogens is 495 g/mol.